The van der Waals surface area contributed by atoms with Gasteiger partial charge in [0.1, 0.15) is 12.4 Å². The van der Waals surface area contributed by atoms with Gasteiger partial charge in [0, 0.05) is 6.20 Å². The van der Waals surface area contributed by atoms with E-state index in [0.29, 0.717) is 11.5 Å². The van der Waals surface area contributed by atoms with E-state index in [9.17, 15) is 4.79 Å². The molecule has 20 heavy (non-hydrogen) atoms. The molecule has 0 aliphatic carbocycles. The van der Waals surface area contributed by atoms with Crippen molar-refractivity contribution in [2.24, 2.45) is 5.73 Å². The predicted octanol–water partition coefficient (Wildman–Crippen LogP) is 0.226. The number of anilines is 1. The number of amides is 1. The minimum absolute atomic E-state index is 0.0588. The van der Waals surface area contributed by atoms with Crippen LogP contribution in [0.1, 0.15) is 25.1 Å². The van der Waals surface area contributed by atoms with Crippen molar-refractivity contribution in [1.29, 1.82) is 0 Å². The van der Waals surface area contributed by atoms with E-state index in [4.69, 9.17) is 5.73 Å². The van der Waals surface area contributed by atoms with Gasteiger partial charge in [-0.15, -0.1) is 5.10 Å². The summed E-state index contributed by atoms with van der Waals surface area (Å²) in [6.07, 6.45) is 4.07. The van der Waals surface area contributed by atoms with Crippen molar-refractivity contribution in [2.45, 2.75) is 25.9 Å². The van der Waals surface area contributed by atoms with Crippen molar-refractivity contribution >= 4 is 11.7 Å². The molecule has 0 saturated heterocycles. The summed E-state index contributed by atoms with van der Waals surface area (Å²) in [5, 5.41) is 7.80. The zero-order valence-electron chi connectivity index (χ0n) is 11.2. The zero-order chi connectivity index (χ0) is 14.4. The van der Waals surface area contributed by atoms with Crippen molar-refractivity contribution in [2.75, 3.05) is 5.43 Å². The molecule has 0 fully saturated rings. The van der Waals surface area contributed by atoms with Crippen LogP contribution in [0.3, 0.4) is 0 Å². The summed E-state index contributed by atoms with van der Waals surface area (Å²) < 4.78 is 1.44. The molecule has 4 N–H and O–H groups in total. The fraction of sp³-hybridized carbons (Fsp3) is 0.333. The normalized spacial score (nSPS) is 11.9. The van der Waals surface area contributed by atoms with E-state index in [0.717, 1.165) is 6.42 Å². The third-order valence-corrected chi connectivity index (χ3v) is 2.68. The fourth-order valence-electron chi connectivity index (χ4n) is 1.53. The van der Waals surface area contributed by atoms with Crippen LogP contribution in [0.15, 0.2) is 30.6 Å². The van der Waals surface area contributed by atoms with Crippen LogP contribution in [0, 0.1) is 0 Å². The van der Waals surface area contributed by atoms with Gasteiger partial charge in [0.15, 0.2) is 0 Å². The highest BCUT2D eigenvalue weighted by Gasteiger charge is 2.10. The second-order valence-electron chi connectivity index (χ2n) is 4.24. The van der Waals surface area contributed by atoms with E-state index in [1.54, 1.807) is 24.5 Å². The molecule has 0 aliphatic rings. The smallest absolute Gasteiger partial charge is 0.260 e. The number of carbonyl (C=O) groups excluding carboxylic acids is 1. The summed E-state index contributed by atoms with van der Waals surface area (Å²) in [6, 6.07) is 5.20. The maximum absolute atomic E-state index is 11.7. The van der Waals surface area contributed by atoms with Crippen LogP contribution < -0.4 is 16.6 Å². The van der Waals surface area contributed by atoms with E-state index in [1.165, 1.54) is 4.68 Å². The van der Waals surface area contributed by atoms with Gasteiger partial charge < -0.3 is 5.73 Å². The topological polar surface area (TPSA) is 111 Å². The standard InChI is InChI=1S/C12H17N7O/c1-2-9(13)10-7-19(18-15-10)8-12(20)17-16-11-5-3-4-6-14-11/h3-7,9H,2,8,13H2,1H3,(H,14,16)(H,17,20). The molecule has 0 spiro atoms. The Morgan fingerprint density at radius 3 is 3.05 bits per heavy atom. The number of hydrogen-bond acceptors (Lipinski definition) is 6. The fourth-order valence-corrected chi connectivity index (χ4v) is 1.53. The Morgan fingerprint density at radius 2 is 2.35 bits per heavy atom. The Labute approximate surface area is 116 Å². The molecular weight excluding hydrogens is 258 g/mol. The summed E-state index contributed by atoms with van der Waals surface area (Å²) in [6.45, 7) is 2.02. The largest absolute Gasteiger partial charge is 0.323 e. The van der Waals surface area contributed by atoms with E-state index in [1.807, 2.05) is 13.0 Å². The van der Waals surface area contributed by atoms with Gasteiger partial charge in [0.2, 0.25) is 0 Å². The molecule has 2 aromatic rings. The van der Waals surface area contributed by atoms with E-state index in [2.05, 4.69) is 26.1 Å². The van der Waals surface area contributed by atoms with Gasteiger partial charge in [0.25, 0.3) is 5.91 Å². The van der Waals surface area contributed by atoms with Gasteiger partial charge in [0.05, 0.1) is 17.9 Å². The van der Waals surface area contributed by atoms with E-state index in [-0.39, 0.29) is 18.5 Å². The van der Waals surface area contributed by atoms with Crippen LogP contribution in [0.5, 0.6) is 0 Å². The Morgan fingerprint density at radius 1 is 1.50 bits per heavy atom. The monoisotopic (exact) mass is 275 g/mol. The lowest BCUT2D eigenvalue weighted by Crippen LogP contribution is -2.33. The molecule has 2 aromatic heterocycles. The minimum atomic E-state index is -0.253. The van der Waals surface area contributed by atoms with Crippen LogP contribution in [0.2, 0.25) is 0 Å². The predicted molar refractivity (Wildman–Crippen MR) is 73.2 cm³/mol. The van der Waals surface area contributed by atoms with Gasteiger partial charge in [-0.05, 0) is 18.6 Å². The first-order valence-corrected chi connectivity index (χ1v) is 6.30. The summed E-state index contributed by atoms with van der Waals surface area (Å²) >= 11 is 0. The molecule has 0 bridgehead atoms. The molecule has 0 saturated carbocycles. The highest BCUT2D eigenvalue weighted by atomic mass is 16.2. The number of nitrogens with one attached hydrogen (secondary N) is 2. The van der Waals surface area contributed by atoms with E-state index >= 15 is 0 Å². The number of aromatic nitrogens is 4. The molecule has 2 heterocycles. The number of nitrogens with zero attached hydrogens (tertiary/aromatic N) is 4. The molecule has 1 amide bonds. The lowest BCUT2D eigenvalue weighted by atomic mass is 10.2. The molecule has 0 aliphatic heterocycles. The average molecular weight is 275 g/mol. The van der Waals surface area contributed by atoms with Gasteiger partial charge in [-0.1, -0.05) is 18.2 Å². The minimum Gasteiger partial charge on any atom is -0.323 e. The second-order valence-corrected chi connectivity index (χ2v) is 4.24. The van der Waals surface area contributed by atoms with Crippen molar-refractivity contribution in [3.05, 3.63) is 36.3 Å². The molecule has 8 heteroatoms. The molecular formula is C12H17N7O. The maximum atomic E-state index is 11.7. The molecule has 1 atom stereocenters. The third-order valence-electron chi connectivity index (χ3n) is 2.68. The number of hydrogen-bond donors (Lipinski definition) is 3. The molecule has 106 valence electrons. The van der Waals surface area contributed by atoms with Gasteiger partial charge in [-0.25, -0.2) is 9.67 Å². The van der Waals surface area contributed by atoms with Crippen LogP contribution in [-0.2, 0) is 11.3 Å². The van der Waals surface area contributed by atoms with Crippen molar-refractivity contribution in [3.8, 4) is 0 Å². The first-order chi connectivity index (χ1) is 9.69. The lowest BCUT2D eigenvalue weighted by Gasteiger charge is -2.07. The average Bonchev–Trinajstić information content (AvgIpc) is 2.94. The zero-order valence-corrected chi connectivity index (χ0v) is 11.2. The summed E-state index contributed by atoms with van der Waals surface area (Å²) in [5.74, 6) is 0.310. The number of carbonyl (C=O) groups is 1. The third kappa shape index (κ3) is 3.75. The summed E-state index contributed by atoms with van der Waals surface area (Å²) in [5.41, 5.74) is 11.8. The van der Waals surface area contributed by atoms with Crippen LogP contribution >= 0.6 is 0 Å². The SMILES string of the molecule is CCC(N)c1cn(CC(=O)NNc2ccccn2)nn1. The molecule has 0 radical (unpaired) electrons. The Balaban J connectivity index is 1.84. The Bertz CT molecular complexity index is 554. The van der Waals surface area contributed by atoms with Crippen LogP contribution in [0.4, 0.5) is 5.82 Å². The van der Waals surface area contributed by atoms with Crippen molar-refractivity contribution < 1.29 is 4.79 Å². The number of pyridine rings is 1. The number of hydrazine groups is 1. The number of rotatable bonds is 6. The highest BCUT2D eigenvalue weighted by molar-refractivity contribution is 5.76. The van der Waals surface area contributed by atoms with Gasteiger partial charge in [-0.3, -0.25) is 15.6 Å². The summed E-state index contributed by atoms with van der Waals surface area (Å²) in [4.78, 5) is 15.7. The molecule has 8 nitrogen and oxygen atoms in total. The number of nitrogens with two attached hydrogens (primary N) is 1. The van der Waals surface area contributed by atoms with Crippen molar-refractivity contribution in [3.63, 3.8) is 0 Å². The first-order valence-electron chi connectivity index (χ1n) is 6.30. The van der Waals surface area contributed by atoms with Gasteiger partial charge >= 0.3 is 0 Å². The Hall–Kier alpha value is -2.48. The van der Waals surface area contributed by atoms with E-state index < -0.39 is 0 Å². The second kappa shape index (κ2) is 6.62. The lowest BCUT2D eigenvalue weighted by molar-refractivity contribution is -0.121. The van der Waals surface area contributed by atoms with Crippen LogP contribution in [0.25, 0.3) is 0 Å². The van der Waals surface area contributed by atoms with Gasteiger partial charge in [-0.2, -0.15) is 0 Å². The van der Waals surface area contributed by atoms with Crippen LogP contribution in [-0.4, -0.2) is 25.9 Å². The quantitative estimate of drug-likeness (QED) is 0.651. The summed E-state index contributed by atoms with van der Waals surface area (Å²) in [7, 11) is 0. The van der Waals surface area contributed by atoms with Crippen molar-refractivity contribution in [1.82, 2.24) is 25.4 Å². The molecule has 1 unspecified atom stereocenters. The Kier molecular flexibility index (Phi) is 4.61. The molecule has 2 rings (SSSR count). The maximum Gasteiger partial charge on any atom is 0.260 e. The molecule has 0 aromatic carbocycles. The first kappa shape index (κ1) is 13.9. The highest BCUT2D eigenvalue weighted by Crippen LogP contribution is 2.08.